The minimum atomic E-state index is -0.974. The summed E-state index contributed by atoms with van der Waals surface area (Å²) in [6, 6.07) is 11.1. The lowest BCUT2D eigenvalue weighted by Crippen LogP contribution is -2.29. The van der Waals surface area contributed by atoms with Crippen LogP contribution < -0.4 is 9.64 Å². The van der Waals surface area contributed by atoms with E-state index in [-0.39, 0.29) is 27.9 Å². The minimum Gasteiger partial charge on any atom is -0.507 e. The highest BCUT2D eigenvalue weighted by Crippen LogP contribution is 2.44. The number of methoxy groups -OCH3 is 1. The average molecular weight is 583 g/mol. The number of aliphatic hydroxyl groups is 1. The molecule has 1 aromatic heterocycles. The van der Waals surface area contributed by atoms with Gasteiger partial charge in [0.2, 0.25) is 0 Å². The maximum absolute atomic E-state index is 13.4. The summed E-state index contributed by atoms with van der Waals surface area (Å²) in [4.78, 5) is 45.1. The number of benzene rings is 2. The van der Waals surface area contributed by atoms with Crippen LogP contribution in [0.15, 0.2) is 65.2 Å². The number of anilines is 1. The molecule has 0 unspecified atom stereocenters. The number of amides is 1. The Kier molecular flexibility index (Phi) is 7.60. The van der Waals surface area contributed by atoms with Crippen molar-refractivity contribution in [3.63, 3.8) is 0 Å². The van der Waals surface area contributed by atoms with Gasteiger partial charge in [-0.15, -0.1) is 0 Å². The van der Waals surface area contributed by atoms with Crippen molar-refractivity contribution in [2.45, 2.75) is 19.9 Å². The van der Waals surface area contributed by atoms with Crippen molar-refractivity contribution in [2.75, 3.05) is 18.6 Å². The van der Waals surface area contributed by atoms with Crippen LogP contribution in [0.2, 0.25) is 0 Å². The number of aryl methyl sites for hydroxylation is 2. The summed E-state index contributed by atoms with van der Waals surface area (Å²) < 4.78 is 11.2. The lowest BCUT2D eigenvalue weighted by molar-refractivity contribution is -0.132. The molecule has 1 saturated heterocycles. The van der Waals surface area contributed by atoms with Gasteiger partial charge >= 0.3 is 11.9 Å². The number of thiazole rings is 1. The fourth-order valence-electron chi connectivity index (χ4n) is 4.05. The first-order valence-corrected chi connectivity index (χ1v) is 12.8. The second kappa shape index (κ2) is 10.7. The Balaban J connectivity index is 1.88. The number of nitrogens with zero attached hydrogens (tertiary/aromatic N) is 2. The fourth-order valence-corrected chi connectivity index (χ4v) is 5.30. The Hall–Kier alpha value is -3.76. The number of hydrogen-bond acceptors (Lipinski definition) is 8. The summed E-state index contributed by atoms with van der Waals surface area (Å²) in [5.41, 5.74) is 1.97. The van der Waals surface area contributed by atoms with Crippen molar-refractivity contribution in [1.82, 2.24) is 4.98 Å². The van der Waals surface area contributed by atoms with E-state index >= 15 is 0 Å². The van der Waals surface area contributed by atoms with Crippen molar-refractivity contribution in [2.24, 2.45) is 0 Å². The van der Waals surface area contributed by atoms with Crippen LogP contribution in [-0.2, 0) is 14.3 Å². The van der Waals surface area contributed by atoms with E-state index in [1.165, 1.54) is 11.0 Å². The zero-order chi connectivity index (χ0) is 26.9. The van der Waals surface area contributed by atoms with Crippen molar-refractivity contribution in [1.29, 1.82) is 0 Å². The molecule has 1 N–H and O–H groups in total. The van der Waals surface area contributed by atoms with E-state index in [0.29, 0.717) is 22.6 Å². The highest BCUT2D eigenvalue weighted by molar-refractivity contribution is 9.10. The number of rotatable bonds is 7. The second-order valence-corrected chi connectivity index (χ2v) is 10.1. The molecule has 4 rings (SSSR count). The van der Waals surface area contributed by atoms with Gasteiger partial charge in [0, 0.05) is 10.0 Å². The standard InChI is InChI=1S/C27H23BrN2O6S/c1-5-12-36-26(34)24-15(3)29-27(37-24)30-21(16-6-9-18(28)10-7-16)20(23(32)25(30)33)22(31)17-8-11-19(35-4)14(2)13-17/h5-11,13,21,31H,1,12H2,2-4H3/b22-20+/t21-/m1/s1. The Labute approximate surface area is 226 Å². The Bertz CT molecular complexity index is 1440. The normalized spacial score (nSPS) is 16.6. The first-order valence-electron chi connectivity index (χ1n) is 11.1. The first-order chi connectivity index (χ1) is 17.7. The maximum Gasteiger partial charge on any atom is 0.350 e. The zero-order valence-electron chi connectivity index (χ0n) is 20.3. The Morgan fingerprint density at radius 2 is 1.92 bits per heavy atom. The molecule has 1 amide bonds. The van der Waals surface area contributed by atoms with Gasteiger partial charge in [-0.25, -0.2) is 9.78 Å². The molecule has 0 aliphatic carbocycles. The lowest BCUT2D eigenvalue weighted by Gasteiger charge is -2.23. The summed E-state index contributed by atoms with van der Waals surface area (Å²) in [5.74, 6) is -2.03. The molecule has 2 aromatic carbocycles. The summed E-state index contributed by atoms with van der Waals surface area (Å²) in [6.07, 6.45) is 1.45. The van der Waals surface area contributed by atoms with Crippen LogP contribution in [0, 0.1) is 13.8 Å². The quantitative estimate of drug-likeness (QED) is 0.129. The van der Waals surface area contributed by atoms with Crippen molar-refractivity contribution < 1.29 is 29.0 Å². The number of ketones is 1. The molecule has 0 bridgehead atoms. The van der Waals surface area contributed by atoms with Gasteiger partial charge in [-0.1, -0.05) is 52.1 Å². The maximum atomic E-state index is 13.4. The number of aliphatic hydroxyl groups excluding tert-OH is 1. The third-order valence-electron chi connectivity index (χ3n) is 5.81. The van der Waals surface area contributed by atoms with Crippen LogP contribution in [0.25, 0.3) is 5.76 Å². The first kappa shape index (κ1) is 26.3. The van der Waals surface area contributed by atoms with Crippen LogP contribution in [0.4, 0.5) is 5.13 Å². The van der Waals surface area contributed by atoms with E-state index in [0.717, 1.165) is 21.4 Å². The van der Waals surface area contributed by atoms with Gasteiger partial charge in [-0.2, -0.15) is 0 Å². The lowest BCUT2D eigenvalue weighted by atomic mass is 9.95. The van der Waals surface area contributed by atoms with Crippen LogP contribution in [0.1, 0.15) is 38.1 Å². The van der Waals surface area contributed by atoms with E-state index in [4.69, 9.17) is 9.47 Å². The smallest absolute Gasteiger partial charge is 0.350 e. The second-order valence-electron chi connectivity index (χ2n) is 8.20. The molecule has 0 saturated carbocycles. The van der Waals surface area contributed by atoms with Gasteiger partial charge in [-0.3, -0.25) is 14.5 Å². The summed E-state index contributed by atoms with van der Waals surface area (Å²) in [5, 5.41) is 11.5. The molecule has 2 heterocycles. The number of carbonyl (C=O) groups excluding carboxylic acids is 3. The molecule has 1 fully saturated rings. The molecule has 10 heteroatoms. The zero-order valence-corrected chi connectivity index (χ0v) is 22.7. The summed E-state index contributed by atoms with van der Waals surface area (Å²) in [6.45, 7) is 6.99. The number of ether oxygens (including phenoxy) is 2. The van der Waals surface area contributed by atoms with E-state index in [1.807, 2.05) is 6.92 Å². The molecule has 3 aromatic rings. The van der Waals surface area contributed by atoms with E-state index < -0.39 is 23.7 Å². The minimum absolute atomic E-state index is 0.0240. The molecule has 190 valence electrons. The van der Waals surface area contributed by atoms with Crippen LogP contribution in [-0.4, -0.2) is 41.5 Å². The van der Waals surface area contributed by atoms with Crippen LogP contribution in [0.5, 0.6) is 5.75 Å². The van der Waals surface area contributed by atoms with E-state index in [2.05, 4.69) is 27.5 Å². The molecule has 1 atom stereocenters. The number of carbonyl (C=O) groups is 3. The highest BCUT2D eigenvalue weighted by atomic mass is 79.9. The number of hydrogen-bond donors (Lipinski definition) is 1. The van der Waals surface area contributed by atoms with Crippen molar-refractivity contribution in [3.8, 4) is 5.75 Å². The molecule has 0 radical (unpaired) electrons. The number of Topliss-reactive ketones (excluding diaryl/α,β-unsaturated/α-hetero) is 1. The average Bonchev–Trinajstić information content (AvgIpc) is 3.39. The van der Waals surface area contributed by atoms with Crippen LogP contribution >= 0.6 is 27.3 Å². The highest BCUT2D eigenvalue weighted by Gasteiger charge is 2.48. The van der Waals surface area contributed by atoms with Crippen molar-refractivity contribution >= 4 is 55.8 Å². The summed E-state index contributed by atoms with van der Waals surface area (Å²) in [7, 11) is 1.54. The van der Waals surface area contributed by atoms with Gasteiger partial charge in [0.05, 0.1) is 24.4 Å². The van der Waals surface area contributed by atoms with E-state index in [1.54, 1.807) is 56.5 Å². The summed E-state index contributed by atoms with van der Waals surface area (Å²) >= 11 is 4.34. The number of aromatic nitrogens is 1. The van der Waals surface area contributed by atoms with Crippen molar-refractivity contribution in [3.05, 3.63) is 92.4 Å². The molecular formula is C27H23BrN2O6S. The van der Waals surface area contributed by atoms with Gasteiger partial charge in [0.15, 0.2) is 5.13 Å². The number of halogens is 1. The number of esters is 1. The molecule has 1 aliphatic rings. The third kappa shape index (κ3) is 4.94. The Morgan fingerprint density at radius 1 is 1.22 bits per heavy atom. The predicted octanol–water partition coefficient (Wildman–Crippen LogP) is 5.50. The molecule has 0 spiro atoms. The van der Waals surface area contributed by atoms with Gasteiger partial charge < -0.3 is 14.6 Å². The topological polar surface area (TPSA) is 106 Å². The fraction of sp³-hybridized carbons (Fsp3) is 0.185. The third-order valence-corrected chi connectivity index (χ3v) is 7.47. The van der Waals surface area contributed by atoms with Gasteiger partial charge in [-0.05, 0) is 55.3 Å². The monoisotopic (exact) mass is 582 g/mol. The Morgan fingerprint density at radius 3 is 2.54 bits per heavy atom. The van der Waals surface area contributed by atoms with E-state index in [9.17, 15) is 19.5 Å². The van der Waals surface area contributed by atoms with Crippen LogP contribution in [0.3, 0.4) is 0 Å². The molecule has 8 nitrogen and oxygen atoms in total. The SMILES string of the molecule is C=CCOC(=O)c1sc(N2C(=O)C(=O)/C(=C(/O)c3ccc(OC)c(C)c3)[C@H]2c2ccc(Br)cc2)nc1C. The van der Waals surface area contributed by atoms with Gasteiger partial charge in [0.25, 0.3) is 5.78 Å². The van der Waals surface area contributed by atoms with Gasteiger partial charge in [0.1, 0.15) is 23.0 Å². The molecular weight excluding hydrogens is 560 g/mol. The predicted molar refractivity (Wildman–Crippen MR) is 144 cm³/mol. The molecule has 37 heavy (non-hydrogen) atoms. The largest absolute Gasteiger partial charge is 0.507 e. The molecule has 1 aliphatic heterocycles.